The summed E-state index contributed by atoms with van der Waals surface area (Å²) in [6.45, 7) is 5.57. The van der Waals surface area contributed by atoms with E-state index in [-0.39, 0.29) is 12.1 Å². The van der Waals surface area contributed by atoms with Gasteiger partial charge in [-0.15, -0.1) is 11.3 Å². The highest BCUT2D eigenvalue weighted by molar-refractivity contribution is 7.10. The standard InChI is InChI=1S/C13H18N4O2S/c1-2-17-5-6-18-9(8-17)12-15-13(19-16-12)11(14)10-4-3-7-20-10/h3-4,7,9,11H,2,5-6,8,14H2,1H3. The Labute approximate surface area is 121 Å². The largest absolute Gasteiger partial charge is 0.367 e. The van der Waals surface area contributed by atoms with E-state index in [1.165, 1.54) is 0 Å². The second-order valence-corrected chi connectivity index (χ2v) is 5.72. The van der Waals surface area contributed by atoms with Gasteiger partial charge in [0.15, 0.2) is 0 Å². The first kappa shape index (κ1) is 13.7. The second kappa shape index (κ2) is 6.01. The van der Waals surface area contributed by atoms with Gasteiger partial charge >= 0.3 is 0 Å². The summed E-state index contributed by atoms with van der Waals surface area (Å²) in [7, 11) is 0. The minimum atomic E-state index is -0.359. The highest BCUT2D eigenvalue weighted by Crippen LogP contribution is 2.25. The average molecular weight is 294 g/mol. The molecular weight excluding hydrogens is 276 g/mol. The molecule has 20 heavy (non-hydrogen) atoms. The van der Waals surface area contributed by atoms with E-state index in [1.54, 1.807) is 11.3 Å². The molecule has 1 aliphatic heterocycles. The van der Waals surface area contributed by atoms with Crippen molar-refractivity contribution in [3.63, 3.8) is 0 Å². The maximum Gasteiger partial charge on any atom is 0.249 e. The molecule has 2 atom stereocenters. The fourth-order valence-electron chi connectivity index (χ4n) is 2.24. The summed E-state index contributed by atoms with van der Waals surface area (Å²) < 4.78 is 11.0. The maximum atomic E-state index is 6.12. The third-order valence-electron chi connectivity index (χ3n) is 3.46. The first-order valence-electron chi connectivity index (χ1n) is 6.74. The highest BCUT2D eigenvalue weighted by Gasteiger charge is 2.27. The Hall–Kier alpha value is -1.28. The second-order valence-electron chi connectivity index (χ2n) is 4.74. The minimum Gasteiger partial charge on any atom is -0.367 e. The number of hydrogen-bond acceptors (Lipinski definition) is 7. The summed E-state index contributed by atoms with van der Waals surface area (Å²) >= 11 is 1.58. The van der Waals surface area contributed by atoms with Crippen LogP contribution in [0.15, 0.2) is 22.0 Å². The van der Waals surface area contributed by atoms with E-state index < -0.39 is 0 Å². The van der Waals surface area contributed by atoms with Gasteiger partial charge in [-0.1, -0.05) is 18.1 Å². The molecule has 2 aromatic heterocycles. The Bertz CT molecular complexity index is 542. The van der Waals surface area contributed by atoms with Crippen LogP contribution in [-0.2, 0) is 4.74 Å². The Kier molecular flexibility index (Phi) is 4.11. The molecular formula is C13H18N4O2S. The molecule has 0 aromatic carbocycles. The van der Waals surface area contributed by atoms with Crippen molar-refractivity contribution < 1.29 is 9.26 Å². The first-order valence-corrected chi connectivity index (χ1v) is 7.62. The van der Waals surface area contributed by atoms with Crippen LogP contribution < -0.4 is 5.73 Å². The van der Waals surface area contributed by atoms with Crippen LogP contribution in [0.5, 0.6) is 0 Å². The van der Waals surface area contributed by atoms with Gasteiger partial charge in [0, 0.05) is 18.0 Å². The molecule has 0 spiro atoms. The van der Waals surface area contributed by atoms with Gasteiger partial charge in [0.25, 0.3) is 0 Å². The third-order valence-corrected chi connectivity index (χ3v) is 4.41. The molecule has 7 heteroatoms. The third kappa shape index (κ3) is 2.76. The number of rotatable bonds is 4. The summed E-state index contributed by atoms with van der Waals surface area (Å²) in [5.41, 5.74) is 6.12. The molecule has 108 valence electrons. The van der Waals surface area contributed by atoms with Crippen LogP contribution in [0.25, 0.3) is 0 Å². The van der Waals surface area contributed by atoms with Crippen LogP contribution in [0.3, 0.4) is 0 Å². The molecule has 3 heterocycles. The molecule has 1 fully saturated rings. The Balaban J connectivity index is 1.73. The predicted octanol–water partition coefficient (Wildman–Crippen LogP) is 1.57. The van der Waals surface area contributed by atoms with Crippen molar-refractivity contribution in [1.82, 2.24) is 15.0 Å². The Morgan fingerprint density at radius 3 is 3.25 bits per heavy atom. The lowest BCUT2D eigenvalue weighted by Gasteiger charge is -2.30. The maximum absolute atomic E-state index is 6.12. The van der Waals surface area contributed by atoms with Crippen LogP contribution in [0, 0.1) is 0 Å². The lowest BCUT2D eigenvalue weighted by atomic mass is 10.2. The SMILES string of the molecule is CCN1CCOC(c2noc(C(N)c3cccs3)n2)C1. The zero-order valence-electron chi connectivity index (χ0n) is 11.4. The van der Waals surface area contributed by atoms with Crippen molar-refractivity contribution in [3.05, 3.63) is 34.1 Å². The molecule has 1 aliphatic rings. The molecule has 0 saturated carbocycles. The minimum absolute atomic E-state index is 0.128. The number of aromatic nitrogens is 2. The van der Waals surface area contributed by atoms with Crippen molar-refractivity contribution in [1.29, 1.82) is 0 Å². The lowest BCUT2D eigenvalue weighted by molar-refractivity contribution is -0.0334. The Morgan fingerprint density at radius 1 is 1.60 bits per heavy atom. The van der Waals surface area contributed by atoms with E-state index >= 15 is 0 Å². The number of nitrogens with two attached hydrogens (primary N) is 1. The van der Waals surface area contributed by atoms with Gasteiger partial charge in [0.05, 0.1) is 6.61 Å². The Morgan fingerprint density at radius 2 is 2.50 bits per heavy atom. The van der Waals surface area contributed by atoms with Crippen LogP contribution >= 0.6 is 11.3 Å². The predicted molar refractivity (Wildman–Crippen MR) is 75.5 cm³/mol. The van der Waals surface area contributed by atoms with Gasteiger partial charge in [0.2, 0.25) is 11.7 Å². The number of nitrogens with zero attached hydrogens (tertiary/aromatic N) is 3. The molecule has 6 nitrogen and oxygen atoms in total. The summed E-state index contributed by atoms with van der Waals surface area (Å²) in [6.07, 6.45) is -0.128. The van der Waals surface area contributed by atoms with Crippen LogP contribution in [0.1, 0.15) is 35.7 Å². The smallest absolute Gasteiger partial charge is 0.249 e. The fraction of sp³-hybridized carbons (Fsp3) is 0.538. The van der Waals surface area contributed by atoms with Gasteiger partial charge in [-0.2, -0.15) is 4.98 Å². The van der Waals surface area contributed by atoms with Gasteiger partial charge in [0.1, 0.15) is 12.1 Å². The van der Waals surface area contributed by atoms with Gasteiger partial charge < -0.3 is 15.0 Å². The molecule has 0 radical (unpaired) electrons. The molecule has 2 aromatic rings. The monoisotopic (exact) mass is 294 g/mol. The van der Waals surface area contributed by atoms with Gasteiger partial charge in [-0.25, -0.2) is 0 Å². The molecule has 2 unspecified atom stereocenters. The van der Waals surface area contributed by atoms with Crippen molar-refractivity contribution >= 4 is 11.3 Å². The van der Waals surface area contributed by atoms with Crippen molar-refractivity contribution in [2.75, 3.05) is 26.2 Å². The number of thiophene rings is 1. The number of morpholine rings is 1. The number of hydrogen-bond donors (Lipinski definition) is 1. The van der Waals surface area contributed by atoms with Gasteiger partial charge in [-0.05, 0) is 18.0 Å². The quantitative estimate of drug-likeness (QED) is 0.922. The van der Waals surface area contributed by atoms with E-state index in [0.29, 0.717) is 18.3 Å². The molecule has 2 N–H and O–H groups in total. The average Bonchev–Trinajstić information content (AvgIpc) is 3.18. The van der Waals surface area contributed by atoms with Crippen molar-refractivity contribution in [2.45, 2.75) is 19.1 Å². The van der Waals surface area contributed by atoms with E-state index in [1.807, 2.05) is 17.5 Å². The van der Waals surface area contributed by atoms with Crippen LogP contribution in [-0.4, -0.2) is 41.3 Å². The number of ether oxygens (including phenoxy) is 1. The number of likely N-dealkylation sites (N-methyl/N-ethyl adjacent to an activating group) is 1. The molecule has 0 bridgehead atoms. The van der Waals surface area contributed by atoms with Crippen LogP contribution in [0.4, 0.5) is 0 Å². The molecule has 0 amide bonds. The van der Waals surface area contributed by atoms with Gasteiger partial charge in [-0.3, -0.25) is 4.90 Å². The molecule has 3 rings (SSSR count). The first-order chi connectivity index (χ1) is 9.78. The topological polar surface area (TPSA) is 77.4 Å². The van der Waals surface area contributed by atoms with Crippen molar-refractivity contribution in [3.8, 4) is 0 Å². The lowest BCUT2D eigenvalue weighted by Crippen LogP contribution is -2.38. The molecule has 1 saturated heterocycles. The summed E-state index contributed by atoms with van der Waals surface area (Å²) in [4.78, 5) is 7.73. The summed E-state index contributed by atoms with van der Waals surface area (Å²) in [6, 6.07) is 3.57. The fourth-order valence-corrected chi connectivity index (χ4v) is 2.96. The zero-order chi connectivity index (χ0) is 13.9. The summed E-state index contributed by atoms with van der Waals surface area (Å²) in [5.74, 6) is 1.03. The van der Waals surface area contributed by atoms with Crippen LogP contribution in [0.2, 0.25) is 0 Å². The van der Waals surface area contributed by atoms with E-state index in [2.05, 4.69) is 22.0 Å². The molecule has 0 aliphatic carbocycles. The zero-order valence-corrected chi connectivity index (χ0v) is 12.2. The van der Waals surface area contributed by atoms with E-state index in [0.717, 1.165) is 24.5 Å². The van der Waals surface area contributed by atoms with E-state index in [4.69, 9.17) is 15.0 Å². The van der Waals surface area contributed by atoms with E-state index in [9.17, 15) is 0 Å². The normalized spacial score (nSPS) is 22.0. The highest BCUT2D eigenvalue weighted by atomic mass is 32.1. The summed E-state index contributed by atoms with van der Waals surface area (Å²) in [5, 5.41) is 6.01. The van der Waals surface area contributed by atoms with Crippen molar-refractivity contribution in [2.24, 2.45) is 5.73 Å².